The first kappa shape index (κ1) is 15.1. The van der Waals surface area contributed by atoms with Crippen LogP contribution in [0.1, 0.15) is 10.4 Å². The highest BCUT2D eigenvalue weighted by Crippen LogP contribution is 2.22. The molecule has 2 aromatic carbocycles. The van der Waals surface area contributed by atoms with Crippen molar-refractivity contribution in [1.29, 1.82) is 0 Å². The van der Waals surface area contributed by atoms with Crippen LogP contribution < -0.4 is 9.47 Å². The minimum atomic E-state index is -1.13. The van der Waals surface area contributed by atoms with E-state index in [1.165, 1.54) is 24.3 Å². The Balaban J connectivity index is 1.88. The Hall–Kier alpha value is -2.27. The van der Waals surface area contributed by atoms with Crippen molar-refractivity contribution in [2.75, 3.05) is 13.2 Å². The molecule has 0 fully saturated rings. The lowest BCUT2D eigenvalue weighted by Gasteiger charge is -2.09. The van der Waals surface area contributed by atoms with Crippen LogP contribution in [0.5, 0.6) is 11.5 Å². The molecule has 0 aliphatic carbocycles. The van der Waals surface area contributed by atoms with Gasteiger partial charge in [0.25, 0.3) is 0 Å². The van der Waals surface area contributed by atoms with Crippen molar-refractivity contribution in [2.24, 2.45) is 0 Å². The summed E-state index contributed by atoms with van der Waals surface area (Å²) in [6, 6.07) is 10.4. The molecule has 6 heteroatoms. The van der Waals surface area contributed by atoms with Crippen molar-refractivity contribution in [1.82, 2.24) is 0 Å². The van der Waals surface area contributed by atoms with Crippen LogP contribution in [0.15, 0.2) is 42.5 Å². The quantitative estimate of drug-likeness (QED) is 0.828. The van der Waals surface area contributed by atoms with Gasteiger partial charge in [0.05, 0.1) is 10.6 Å². The van der Waals surface area contributed by atoms with E-state index in [1.54, 1.807) is 18.2 Å². The lowest BCUT2D eigenvalue weighted by molar-refractivity contribution is 0.0696. The third-order valence-corrected chi connectivity index (χ3v) is 2.94. The zero-order valence-electron chi connectivity index (χ0n) is 10.9. The molecule has 0 amide bonds. The van der Waals surface area contributed by atoms with Gasteiger partial charge < -0.3 is 14.6 Å². The van der Waals surface area contributed by atoms with Gasteiger partial charge in [-0.15, -0.1) is 0 Å². The second kappa shape index (κ2) is 6.95. The minimum absolute atomic E-state index is 0.0378. The van der Waals surface area contributed by atoms with E-state index in [9.17, 15) is 9.18 Å². The summed E-state index contributed by atoms with van der Waals surface area (Å²) in [6.45, 7) is 0.279. The molecule has 2 rings (SSSR count). The molecule has 0 radical (unpaired) electrons. The summed E-state index contributed by atoms with van der Waals surface area (Å²) in [4.78, 5) is 10.9. The first-order chi connectivity index (χ1) is 10.1. The smallest absolute Gasteiger partial charge is 0.337 e. The Labute approximate surface area is 125 Å². The number of halogens is 2. The van der Waals surface area contributed by atoms with E-state index in [4.69, 9.17) is 26.2 Å². The van der Waals surface area contributed by atoms with E-state index >= 15 is 0 Å². The van der Waals surface area contributed by atoms with Crippen LogP contribution in [0, 0.1) is 5.82 Å². The number of aromatic carboxylic acids is 1. The number of carbonyl (C=O) groups is 1. The van der Waals surface area contributed by atoms with Crippen molar-refractivity contribution in [2.45, 2.75) is 0 Å². The predicted molar refractivity (Wildman–Crippen MR) is 75.8 cm³/mol. The molecule has 21 heavy (non-hydrogen) atoms. The Kier molecular flexibility index (Phi) is 5.00. The fourth-order valence-corrected chi connectivity index (χ4v) is 1.83. The Morgan fingerprint density at radius 2 is 1.86 bits per heavy atom. The van der Waals surface area contributed by atoms with Gasteiger partial charge in [-0.2, -0.15) is 0 Å². The maximum Gasteiger partial charge on any atom is 0.337 e. The molecular formula is C15H12ClFO4. The fourth-order valence-electron chi connectivity index (χ4n) is 1.63. The van der Waals surface area contributed by atoms with Crippen molar-refractivity contribution >= 4 is 17.6 Å². The summed E-state index contributed by atoms with van der Waals surface area (Å²) in [6.07, 6.45) is 0. The molecule has 0 bridgehead atoms. The van der Waals surface area contributed by atoms with Gasteiger partial charge in [0, 0.05) is 0 Å². The molecule has 1 N–H and O–H groups in total. The van der Waals surface area contributed by atoms with Crippen LogP contribution in [-0.2, 0) is 0 Å². The third kappa shape index (κ3) is 4.10. The van der Waals surface area contributed by atoms with Crippen LogP contribution >= 0.6 is 11.6 Å². The van der Waals surface area contributed by atoms with Crippen LogP contribution in [-0.4, -0.2) is 24.3 Å². The number of para-hydroxylation sites is 1. The van der Waals surface area contributed by atoms with E-state index < -0.39 is 11.8 Å². The molecular weight excluding hydrogens is 299 g/mol. The van der Waals surface area contributed by atoms with Gasteiger partial charge in [0.1, 0.15) is 19.0 Å². The molecule has 0 saturated heterocycles. The summed E-state index contributed by atoms with van der Waals surface area (Å²) >= 11 is 5.75. The summed E-state index contributed by atoms with van der Waals surface area (Å²) in [7, 11) is 0. The first-order valence-electron chi connectivity index (χ1n) is 6.11. The van der Waals surface area contributed by atoms with Crippen LogP contribution in [0.3, 0.4) is 0 Å². The Morgan fingerprint density at radius 1 is 1.14 bits per heavy atom. The summed E-state index contributed by atoms with van der Waals surface area (Å²) in [5.74, 6) is -1.08. The van der Waals surface area contributed by atoms with Gasteiger partial charge in [-0.25, -0.2) is 9.18 Å². The normalized spacial score (nSPS) is 10.2. The SMILES string of the molecule is O=C(O)c1cc(OCCOc2ccccc2F)ccc1Cl. The molecule has 0 aromatic heterocycles. The molecule has 0 heterocycles. The highest BCUT2D eigenvalue weighted by molar-refractivity contribution is 6.33. The predicted octanol–water partition coefficient (Wildman–Crippen LogP) is 3.64. The molecule has 2 aromatic rings. The Morgan fingerprint density at radius 3 is 2.57 bits per heavy atom. The van der Waals surface area contributed by atoms with Gasteiger partial charge >= 0.3 is 5.97 Å². The van der Waals surface area contributed by atoms with E-state index in [1.807, 2.05) is 0 Å². The van der Waals surface area contributed by atoms with Crippen molar-refractivity contribution < 1.29 is 23.8 Å². The maximum atomic E-state index is 13.3. The van der Waals surface area contributed by atoms with Crippen LogP contribution in [0.2, 0.25) is 5.02 Å². The fraction of sp³-hybridized carbons (Fsp3) is 0.133. The zero-order valence-corrected chi connectivity index (χ0v) is 11.6. The number of hydrogen-bond donors (Lipinski definition) is 1. The van der Waals surface area contributed by atoms with E-state index in [0.29, 0.717) is 5.75 Å². The number of carboxylic acid groups (broad SMARTS) is 1. The van der Waals surface area contributed by atoms with Crippen LogP contribution in [0.4, 0.5) is 4.39 Å². The van der Waals surface area contributed by atoms with Gasteiger partial charge in [-0.1, -0.05) is 23.7 Å². The monoisotopic (exact) mass is 310 g/mol. The number of rotatable bonds is 6. The second-order valence-electron chi connectivity index (χ2n) is 4.07. The van der Waals surface area contributed by atoms with E-state index in [-0.39, 0.29) is 29.5 Å². The van der Waals surface area contributed by atoms with E-state index in [0.717, 1.165) is 0 Å². The summed E-state index contributed by atoms with van der Waals surface area (Å²) in [5.41, 5.74) is -0.0378. The summed E-state index contributed by atoms with van der Waals surface area (Å²) in [5, 5.41) is 9.07. The van der Waals surface area contributed by atoms with Gasteiger partial charge in [-0.3, -0.25) is 0 Å². The van der Waals surface area contributed by atoms with Gasteiger partial charge in [0.2, 0.25) is 0 Å². The molecule has 0 aliphatic rings. The second-order valence-corrected chi connectivity index (χ2v) is 4.48. The van der Waals surface area contributed by atoms with Crippen molar-refractivity contribution in [3.8, 4) is 11.5 Å². The average Bonchev–Trinajstić information content (AvgIpc) is 2.46. The lowest BCUT2D eigenvalue weighted by atomic mass is 10.2. The molecule has 0 unspecified atom stereocenters. The van der Waals surface area contributed by atoms with E-state index in [2.05, 4.69) is 0 Å². The number of carboxylic acids is 1. The molecule has 0 aliphatic heterocycles. The van der Waals surface area contributed by atoms with Gasteiger partial charge in [0.15, 0.2) is 11.6 Å². The largest absolute Gasteiger partial charge is 0.490 e. The van der Waals surface area contributed by atoms with Crippen molar-refractivity contribution in [3.05, 3.63) is 58.9 Å². The molecule has 0 atom stereocenters. The molecule has 0 saturated carbocycles. The number of ether oxygens (including phenoxy) is 2. The van der Waals surface area contributed by atoms with Gasteiger partial charge in [-0.05, 0) is 30.3 Å². The minimum Gasteiger partial charge on any atom is -0.490 e. The first-order valence-corrected chi connectivity index (χ1v) is 6.48. The number of hydrogen-bond acceptors (Lipinski definition) is 3. The highest BCUT2D eigenvalue weighted by atomic mass is 35.5. The molecule has 110 valence electrons. The average molecular weight is 311 g/mol. The Bertz CT molecular complexity index is 645. The topological polar surface area (TPSA) is 55.8 Å². The third-order valence-electron chi connectivity index (χ3n) is 2.61. The summed E-state index contributed by atoms with van der Waals surface area (Å²) < 4.78 is 23.8. The van der Waals surface area contributed by atoms with Crippen LogP contribution in [0.25, 0.3) is 0 Å². The maximum absolute atomic E-state index is 13.3. The standard InChI is InChI=1S/C15H12ClFO4/c16-12-6-5-10(9-11(12)15(18)19)20-7-8-21-14-4-2-1-3-13(14)17/h1-6,9H,7-8H2,(H,18,19). The molecule has 4 nitrogen and oxygen atoms in total. The zero-order chi connectivity index (χ0) is 15.2. The lowest BCUT2D eigenvalue weighted by Crippen LogP contribution is -2.10. The molecule has 0 spiro atoms. The number of benzene rings is 2. The van der Waals surface area contributed by atoms with Crippen molar-refractivity contribution in [3.63, 3.8) is 0 Å². The highest BCUT2D eigenvalue weighted by Gasteiger charge is 2.10.